The molecule has 0 spiro atoms. The second kappa shape index (κ2) is 3.63. The number of furan rings is 1. The van der Waals surface area contributed by atoms with Crippen LogP contribution in [0.4, 0.5) is 0 Å². The zero-order valence-electron chi connectivity index (χ0n) is 9.27. The van der Waals surface area contributed by atoms with Gasteiger partial charge in [-0.25, -0.2) is 4.79 Å². The first kappa shape index (κ1) is 9.90. The summed E-state index contributed by atoms with van der Waals surface area (Å²) >= 11 is 0. The molecule has 3 aromatic rings. The molecule has 0 aliphatic carbocycles. The van der Waals surface area contributed by atoms with Gasteiger partial charge in [-0.2, -0.15) is 0 Å². The van der Waals surface area contributed by atoms with Crippen molar-refractivity contribution in [1.29, 1.82) is 0 Å². The number of carbonyl (C=O) groups is 1. The molecule has 0 fully saturated rings. The van der Waals surface area contributed by atoms with Gasteiger partial charge >= 0.3 is 5.97 Å². The van der Waals surface area contributed by atoms with Crippen molar-refractivity contribution in [3.63, 3.8) is 0 Å². The predicted octanol–water partition coefficient (Wildman–Crippen LogP) is 3.37. The smallest absolute Gasteiger partial charge is 0.337 e. The molecule has 3 heteroatoms. The molecule has 84 valence electrons. The molecule has 0 aliphatic heterocycles. The van der Waals surface area contributed by atoms with E-state index >= 15 is 0 Å². The van der Waals surface area contributed by atoms with Crippen LogP contribution in [0.5, 0.6) is 0 Å². The van der Waals surface area contributed by atoms with Crippen LogP contribution in [0.25, 0.3) is 21.9 Å². The number of para-hydroxylation sites is 1. The van der Waals surface area contributed by atoms with Crippen LogP contribution in [0.15, 0.2) is 46.9 Å². The molecular weight excluding hydrogens is 216 g/mol. The third kappa shape index (κ3) is 1.47. The Morgan fingerprint density at radius 2 is 1.82 bits per heavy atom. The number of fused-ring (bicyclic) bond motifs is 3. The van der Waals surface area contributed by atoms with Crippen LogP contribution in [0.2, 0.25) is 0 Å². The van der Waals surface area contributed by atoms with Gasteiger partial charge in [-0.15, -0.1) is 0 Å². The van der Waals surface area contributed by atoms with E-state index in [0.717, 1.165) is 21.9 Å². The van der Waals surface area contributed by atoms with Crippen LogP contribution >= 0.6 is 0 Å². The first-order valence-corrected chi connectivity index (χ1v) is 5.29. The minimum atomic E-state index is -0.336. The van der Waals surface area contributed by atoms with Crippen molar-refractivity contribution in [1.82, 2.24) is 0 Å². The molecule has 0 N–H and O–H groups in total. The third-order valence-corrected chi connectivity index (χ3v) is 2.80. The van der Waals surface area contributed by atoms with Gasteiger partial charge in [-0.3, -0.25) is 0 Å². The highest BCUT2D eigenvalue weighted by molar-refractivity contribution is 6.07. The summed E-state index contributed by atoms with van der Waals surface area (Å²) in [6, 6.07) is 13.1. The number of hydrogen-bond acceptors (Lipinski definition) is 3. The molecule has 0 radical (unpaired) electrons. The van der Waals surface area contributed by atoms with Gasteiger partial charge in [0.2, 0.25) is 0 Å². The lowest BCUT2D eigenvalue weighted by Crippen LogP contribution is -2.00. The second-order valence-electron chi connectivity index (χ2n) is 3.80. The Bertz CT molecular complexity index is 710. The molecule has 0 atom stereocenters. The summed E-state index contributed by atoms with van der Waals surface area (Å²) in [7, 11) is 1.38. The molecule has 2 aromatic carbocycles. The minimum absolute atomic E-state index is 0.336. The van der Waals surface area contributed by atoms with E-state index in [1.165, 1.54) is 7.11 Å². The van der Waals surface area contributed by atoms with E-state index in [0.29, 0.717) is 5.56 Å². The van der Waals surface area contributed by atoms with Crippen LogP contribution < -0.4 is 0 Å². The maximum atomic E-state index is 11.5. The highest BCUT2D eigenvalue weighted by atomic mass is 16.5. The molecule has 0 bridgehead atoms. The first-order valence-electron chi connectivity index (χ1n) is 5.29. The van der Waals surface area contributed by atoms with Crippen LogP contribution in [0.1, 0.15) is 10.4 Å². The summed E-state index contributed by atoms with van der Waals surface area (Å²) in [6.45, 7) is 0. The molecule has 0 unspecified atom stereocenters. The molecule has 0 saturated carbocycles. The Morgan fingerprint density at radius 3 is 2.65 bits per heavy atom. The SMILES string of the molecule is COC(=O)c1ccc2oc3ccccc3c2c1. The number of ether oxygens (including phenoxy) is 1. The lowest BCUT2D eigenvalue weighted by molar-refractivity contribution is 0.0601. The molecule has 17 heavy (non-hydrogen) atoms. The molecule has 3 nitrogen and oxygen atoms in total. The molecule has 1 heterocycles. The van der Waals surface area contributed by atoms with Gasteiger partial charge in [0.25, 0.3) is 0 Å². The summed E-state index contributed by atoms with van der Waals surface area (Å²) in [4.78, 5) is 11.5. The van der Waals surface area contributed by atoms with Crippen molar-refractivity contribution in [2.24, 2.45) is 0 Å². The number of methoxy groups -OCH3 is 1. The first-order chi connectivity index (χ1) is 8.29. The Hall–Kier alpha value is -2.29. The predicted molar refractivity (Wildman–Crippen MR) is 65.1 cm³/mol. The zero-order chi connectivity index (χ0) is 11.8. The van der Waals surface area contributed by atoms with E-state index in [9.17, 15) is 4.79 Å². The van der Waals surface area contributed by atoms with E-state index in [-0.39, 0.29) is 5.97 Å². The topological polar surface area (TPSA) is 39.4 Å². The van der Waals surface area contributed by atoms with E-state index in [2.05, 4.69) is 0 Å². The molecule has 1 aromatic heterocycles. The van der Waals surface area contributed by atoms with Crippen molar-refractivity contribution in [2.75, 3.05) is 7.11 Å². The lowest BCUT2D eigenvalue weighted by Gasteiger charge is -1.98. The largest absolute Gasteiger partial charge is 0.465 e. The molecular formula is C14H10O3. The number of carbonyl (C=O) groups excluding carboxylic acids is 1. The fourth-order valence-corrected chi connectivity index (χ4v) is 1.97. The Labute approximate surface area is 97.6 Å². The fraction of sp³-hybridized carbons (Fsp3) is 0.0714. The van der Waals surface area contributed by atoms with Crippen LogP contribution in [-0.2, 0) is 4.74 Å². The second-order valence-corrected chi connectivity index (χ2v) is 3.80. The summed E-state index contributed by atoms with van der Waals surface area (Å²) in [5.74, 6) is -0.336. The minimum Gasteiger partial charge on any atom is -0.465 e. The quantitative estimate of drug-likeness (QED) is 0.597. The Balaban J connectivity index is 2.33. The monoisotopic (exact) mass is 226 g/mol. The van der Waals surface area contributed by atoms with Gasteiger partial charge < -0.3 is 9.15 Å². The third-order valence-electron chi connectivity index (χ3n) is 2.80. The normalized spacial score (nSPS) is 10.9. The molecule has 0 amide bonds. The average molecular weight is 226 g/mol. The summed E-state index contributed by atoms with van der Waals surface area (Å²) < 4.78 is 10.4. The van der Waals surface area contributed by atoms with E-state index in [1.54, 1.807) is 18.2 Å². The van der Waals surface area contributed by atoms with Crippen LogP contribution in [0, 0.1) is 0 Å². The van der Waals surface area contributed by atoms with Gasteiger partial charge in [0.05, 0.1) is 12.7 Å². The molecule has 0 saturated heterocycles. The maximum absolute atomic E-state index is 11.5. The van der Waals surface area contributed by atoms with E-state index in [1.807, 2.05) is 24.3 Å². The Morgan fingerprint density at radius 1 is 1.06 bits per heavy atom. The summed E-state index contributed by atoms with van der Waals surface area (Å²) in [6.07, 6.45) is 0. The molecule has 0 aliphatic rings. The van der Waals surface area contributed by atoms with Gasteiger partial charge in [0.1, 0.15) is 11.2 Å². The van der Waals surface area contributed by atoms with Crippen molar-refractivity contribution < 1.29 is 13.9 Å². The molecule has 3 rings (SSSR count). The van der Waals surface area contributed by atoms with Crippen molar-refractivity contribution in [2.45, 2.75) is 0 Å². The Kier molecular flexibility index (Phi) is 2.11. The van der Waals surface area contributed by atoms with Gasteiger partial charge in [0.15, 0.2) is 0 Å². The van der Waals surface area contributed by atoms with Crippen LogP contribution in [-0.4, -0.2) is 13.1 Å². The van der Waals surface area contributed by atoms with Gasteiger partial charge in [-0.1, -0.05) is 18.2 Å². The zero-order valence-corrected chi connectivity index (χ0v) is 9.27. The number of benzene rings is 2. The number of rotatable bonds is 1. The van der Waals surface area contributed by atoms with Gasteiger partial charge in [-0.05, 0) is 24.3 Å². The number of esters is 1. The highest BCUT2D eigenvalue weighted by Crippen LogP contribution is 2.29. The van der Waals surface area contributed by atoms with Crippen molar-refractivity contribution in [3.8, 4) is 0 Å². The fourth-order valence-electron chi connectivity index (χ4n) is 1.97. The van der Waals surface area contributed by atoms with Gasteiger partial charge in [0, 0.05) is 10.8 Å². The maximum Gasteiger partial charge on any atom is 0.337 e. The van der Waals surface area contributed by atoms with E-state index < -0.39 is 0 Å². The van der Waals surface area contributed by atoms with Crippen molar-refractivity contribution >= 4 is 27.9 Å². The van der Waals surface area contributed by atoms with E-state index in [4.69, 9.17) is 9.15 Å². The highest BCUT2D eigenvalue weighted by Gasteiger charge is 2.10. The average Bonchev–Trinajstić information content (AvgIpc) is 2.75. The van der Waals surface area contributed by atoms with Crippen molar-refractivity contribution in [3.05, 3.63) is 48.0 Å². The summed E-state index contributed by atoms with van der Waals surface area (Å²) in [5.41, 5.74) is 2.13. The lowest BCUT2D eigenvalue weighted by atomic mass is 10.1. The standard InChI is InChI=1S/C14H10O3/c1-16-14(15)9-6-7-13-11(8-9)10-4-2-3-5-12(10)17-13/h2-8H,1H3. The summed E-state index contributed by atoms with van der Waals surface area (Å²) in [5, 5.41) is 1.94. The number of hydrogen-bond donors (Lipinski definition) is 0. The van der Waals surface area contributed by atoms with Crippen LogP contribution in [0.3, 0.4) is 0 Å².